The van der Waals surface area contributed by atoms with Crippen molar-refractivity contribution in [2.24, 2.45) is 0 Å². The van der Waals surface area contributed by atoms with Crippen molar-refractivity contribution >= 4 is 5.91 Å². The third kappa shape index (κ3) is 5.71. The Morgan fingerprint density at radius 1 is 0.960 bits per heavy atom. The van der Waals surface area contributed by atoms with Gasteiger partial charge in [0.25, 0.3) is 5.91 Å². The lowest BCUT2D eigenvalue weighted by atomic mass is 10.2. The van der Waals surface area contributed by atoms with Crippen molar-refractivity contribution < 1.29 is 19.0 Å². The van der Waals surface area contributed by atoms with Gasteiger partial charge in [-0.05, 0) is 55.3 Å². The van der Waals surface area contributed by atoms with Crippen molar-refractivity contribution in [1.29, 1.82) is 0 Å². The van der Waals surface area contributed by atoms with E-state index in [1.54, 1.807) is 31.4 Å². The van der Waals surface area contributed by atoms with E-state index in [1.165, 1.54) is 0 Å². The van der Waals surface area contributed by atoms with E-state index in [4.69, 9.17) is 14.2 Å². The van der Waals surface area contributed by atoms with Gasteiger partial charge in [0.1, 0.15) is 17.2 Å². The van der Waals surface area contributed by atoms with Gasteiger partial charge in [-0.2, -0.15) is 0 Å². The number of carbonyl (C=O) groups is 1. The summed E-state index contributed by atoms with van der Waals surface area (Å²) in [4.78, 5) is 12.4. The molecular formula is C20H25NO4. The number of hydrogen-bond acceptors (Lipinski definition) is 4. The molecule has 5 nitrogen and oxygen atoms in total. The molecule has 0 aliphatic rings. The van der Waals surface area contributed by atoms with Crippen LogP contribution in [-0.4, -0.2) is 25.7 Å². The van der Waals surface area contributed by atoms with Crippen LogP contribution in [0.2, 0.25) is 0 Å². The van der Waals surface area contributed by atoms with Crippen LogP contribution in [0.3, 0.4) is 0 Å². The van der Waals surface area contributed by atoms with Gasteiger partial charge in [-0.15, -0.1) is 0 Å². The Morgan fingerprint density at radius 3 is 2.12 bits per heavy atom. The number of amides is 1. The van der Waals surface area contributed by atoms with Gasteiger partial charge in [0, 0.05) is 6.54 Å². The van der Waals surface area contributed by atoms with Crippen molar-refractivity contribution in [2.45, 2.75) is 32.9 Å². The fraction of sp³-hybridized carbons (Fsp3) is 0.350. The Balaban J connectivity index is 1.88. The standard InChI is InChI=1S/C20H25NO4/c1-4-19(25-18-12-10-16(23-3)11-13-18)20(22)21-14-15-6-8-17(9-7-15)24-5-2/h6-13,19H,4-5,14H2,1-3H3,(H,21,22)/t19-/m1/s1. The molecule has 0 spiro atoms. The quantitative estimate of drug-likeness (QED) is 0.756. The number of ether oxygens (including phenoxy) is 3. The number of rotatable bonds is 9. The van der Waals surface area contributed by atoms with E-state index in [2.05, 4.69) is 5.32 Å². The Bertz CT molecular complexity index is 652. The summed E-state index contributed by atoms with van der Waals surface area (Å²) in [7, 11) is 1.61. The second kappa shape index (κ2) is 9.57. The minimum absolute atomic E-state index is 0.132. The van der Waals surface area contributed by atoms with Crippen molar-refractivity contribution in [3.63, 3.8) is 0 Å². The van der Waals surface area contributed by atoms with E-state index in [1.807, 2.05) is 38.1 Å². The van der Waals surface area contributed by atoms with Gasteiger partial charge in [-0.3, -0.25) is 4.79 Å². The van der Waals surface area contributed by atoms with Crippen LogP contribution in [0.1, 0.15) is 25.8 Å². The number of nitrogens with one attached hydrogen (secondary N) is 1. The normalized spacial score (nSPS) is 11.5. The van der Waals surface area contributed by atoms with Crippen LogP contribution in [-0.2, 0) is 11.3 Å². The molecule has 0 heterocycles. The molecule has 2 aromatic carbocycles. The first-order chi connectivity index (χ1) is 12.2. The molecule has 0 radical (unpaired) electrons. The first-order valence-corrected chi connectivity index (χ1v) is 8.46. The lowest BCUT2D eigenvalue weighted by Gasteiger charge is -2.17. The maximum atomic E-state index is 12.4. The molecule has 0 unspecified atom stereocenters. The molecular weight excluding hydrogens is 318 g/mol. The molecule has 134 valence electrons. The highest BCUT2D eigenvalue weighted by atomic mass is 16.5. The lowest BCUT2D eigenvalue weighted by Crippen LogP contribution is -2.37. The highest BCUT2D eigenvalue weighted by molar-refractivity contribution is 5.81. The van der Waals surface area contributed by atoms with Crippen molar-refractivity contribution in [2.75, 3.05) is 13.7 Å². The zero-order chi connectivity index (χ0) is 18.1. The van der Waals surface area contributed by atoms with E-state index in [9.17, 15) is 4.79 Å². The van der Waals surface area contributed by atoms with Crippen LogP contribution in [0.25, 0.3) is 0 Å². The predicted octanol–water partition coefficient (Wildman–Crippen LogP) is 3.57. The van der Waals surface area contributed by atoms with E-state index in [0.29, 0.717) is 25.3 Å². The average Bonchev–Trinajstić information content (AvgIpc) is 2.66. The number of carbonyl (C=O) groups excluding carboxylic acids is 1. The van der Waals surface area contributed by atoms with E-state index >= 15 is 0 Å². The number of methoxy groups -OCH3 is 1. The first-order valence-electron chi connectivity index (χ1n) is 8.46. The summed E-state index contributed by atoms with van der Waals surface area (Å²) >= 11 is 0. The Kier molecular flexibility index (Phi) is 7.14. The second-order valence-corrected chi connectivity index (χ2v) is 5.49. The second-order valence-electron chi connectivity index (χ2n) is 5.49. The molecule has 25 heavy (non-hydrogen) atoms. The SMILES string of the molecule is CCOc1ccc(CNC(=O)[C@@H](CC)Oc2ccc(OC)cc2)cc1. The van der Waals surface area contributed by atoms with Gasteiger partial charge in [0.15, 0.2) is 6.10 Å². The average molecular weight is 343 g/mol. The van der Waals surface area contributed by atoms with Gasteiger partial charge in [0.05, 0.1) is 13.7 Å². The van der Waals surface area contributed by atoms with Gasteiger partial charge in [0.2, 0.25) is 0 Å². The van der Waals surface area contributed by atoms with E-state index in [0.717, 1.165) is 17.1 Å². The van der Waals surface area contributed by atoms with Gasteiger partial charge >= 0.3 is 0 Å². The highest BCUT2D eigenvalue weighted by Gasteiger charge is 2.18. The van der Waals surface area contributed by atoms with E-state index < -0.39 is 6.10 Å². The molecule has 0 bridgehead atoms. The summed E-state index contributed by atoms with van der Waals surface area (Å²) in [5, 5.41) is 2.91. The molecule has 0 aromatic heterocycles. The van der Waals surface area contributed by atoms with Gasteiger partial charge < -0.3 is 19.5 Å². The maximum absolute atomic E-state index is 12.4. The molecule has 2 aromatic rings. The van der Waals surface area contributed by atoms with Crippen molar-refractivity contribution in [1.82, 2.24) is 5.32 Å². The molecule has 2 rings (SSSR count). The minimum Gasteiger partial charge on any atom is -0.497 e. The summed E-state index contributed by atoms with van der Waals surface area (Å²) in [5.74, 6) is 2.09. The zero-order valence-electron chi connectivity index (χ0n) is 15.0. The summed E-state index contributed by atoms with van der Waals surface area (Å²) < 4.78 is 16.3. The molecule has 0 aliphatic heterocycles. The van der Waals surface area contributed by atoms with E-state index in [-0.39, 0.29) is 5.91 Å². The van der Waals surface area contributed by atoms with Gasteiger partial charge in [-0.25, -0.2) is 0 Å². The van der Waals surface area contributed by atoms with Crippen molar-refractivity contribution in [3.05, 3.63) is 54.1 Å². The molecule has 1 N–H and O–H groups in total. The molecule has 0 aliphatic carbocycles. The molecule has 1 atom stereocenters. The zero-order valence-corrected chi connectivity index (χ0v) is 15.0. The first kappa shape index (κ1) is 18.6. The Labute approximate surface area is 148 Å². The van der Waals surface area contributed by atoms with Crippen LogP contribution in [0.15, 0.2) is 48.5 Å². The highest BCUT2D eigenvalue weighted by Crippen LogP contribution is 2.19. The lowest BCUT2D eigenvalue weighted by molar-refractivity contribution is -0.128. The van der Waals surface area contributed by atoms with Crippen LogP contribution >= 0.6 is 0 Å². The molecule has 0 fully saturated rings. The number of benzene rings is 2. The topological polar surface area (TPSA) is 56.8 Å². The van der Waals surface area contributed by atoms with Crippen LogP contribution < -0.4 is 19.5 Å². The molecule has 0 saturated heterocycles. The summed E-state index contributed by atoms with van der Waals surface area (Å²) in [6, 6.07) is 14.9. The molecule has 5 heteroatoms. The number of hydrogen-bond donors (Lipinski definition) is 1. The fourth-order valence-corrected chi connectivity index (χ4v) is 2.31. The van der Waals surface area contributed by atoms with Crippen LogP contribution in [0, 0.1) is 0 Å². The Morgan fingerprint density at radius 2 is 1.56 bits per heavy atom. The van der Waals surface area contributed by atoms with Crippen LogP contribution in [0.4, 0.5) is 0 Å². The Hall–Kier alpha value is -2.69. The monoisotopic (exact) mass is 343 g/mol. The smallest absolute Gasteiger partial charge is 0.261 e. The van der Waals surface area contributed by atoms with Crippen LogP contribution in [0.5, 0.6) is 17.2 Å². The van der Waals surface area contributed by atoms with Gasteiger partial charge in [-0.1, -0.05) is 19.1 Å². The van der Waals surface area contributed by atoms with Crippen molar-refractivity contribution in [3.8, 4) is 17.2 Å². The predicted molar refractivity (Wildman–Crippen MR) is 97.2 cm³/mol. The third-order valence-electron chi connectivity index (χ3n) is 3.70. The summed E-state index contributed by atoms with van der Waals surface area (Å²) in [6.07, 6.45) is 0.0531. The maximum Gasteiger partial charge on any atom is 0.261 e. The third-order valence-corrected chi connectivity index (χ3v) is 3.70. The summed E-state index contributed by atoms with van der Waals surface area (Å²) in [5.41, 5.74) is 1.01. The largest absolute Gasteiger partial charge is 0.497 e. The molecule has 1 amide bonds. The fourth-order valence-electron chi connectivity index (χ4n) is 2.31. The molecule has 0 saturated carbocycles. The summed E-state index contributed by atoms with van der Waals surface area (Å²) in [6.45, 7) is 4.96. The minimum atomic E-state index is -0.531.